The number of benzene rings is 2. The van der Waals surface area contributed by atoms with Crippen LogP contribution in [0.4, 0.5) is 4.39 Å². The van der Waals surface area contributed by atoms with Crippen molar-refractivity contribution in [3.8, 4) is 5.69 Å². The Morgan fingerprint density at radius 2 is 1.94 bits per heavy atom. The van der Waals surface area contributed by atoms with Gasteiger partial charge in [0.1, 0.15) is 11.5 Å². The normalized spacial score (nSPS) is 11.0. The van der Waals surface area contributed by atoms with Crippen molar-refractivity contribution in [2.24, 2.45) is 0 Å². The first kappa shape index (κ1) is 11.4. The van der Waals surface area contributed by atoms with Crippen LogP contribution in [0.1, 0.15) is 5.56 Å². The summed E-state index contributed by atoms with van der Waals surface area (Å²) in [5, 5.41) is 5.88. The Morgan fingerprint density at radius 1 is 1.11 bits per heavy atom. The Hall–Kier alpha value is -1.68. The number of hydrogen-bond acceptors (Lipinski definition) is 1. The van der Waals surface area contributed by atoms with Gasteiger partial charge < -0.3 is 0 Å². The quantitative estimate of drug-likeness (QED) is 0.653. The third-order valence-electron chi connectivity index (χ3n) is 2.90. The molecular weight excluding hydrogens is 295 g/mol. The van der Waals surface area contributed by atoms with Crippen LogP contribution in [0.25, 0.3) is 16.6 Å². The van der Waals surface area contributed by atoms with Crippen LogP contribution in [0.5, 0.6) is 0 Å². The maximum Gasteiger partial charge on any atom is 0.149 e. The molecule has 0 saturated carbocycles. The van der Waals surface area contributed by atoms with Gasteiger partial charge in [-0.15, -0.1) is 0 Å². The van der Waals surface area contributed by atoms with E-state index in [1.165, 1.54) is 6.07 Å². The molecule has 0 unspecified atom stereocenters. The summed E-state index contributed by atoms with van der Waals surface area (Å²) in [4.78, 5) is 0. The van der Waals surface area contributed by atoms with Crippen molar-refractivity contribution in [1.29, 1.82) is 0 Å². The maximum atomic E-state index is 14.0. The van der Waals surface area contributed by atoms with Gasteiger partial charge in [0, 0.05) is 10.7 Å². The zero-order chi connectivity index (χ0) is 12.5. The molecule has 0 N–H and O–H groups in total. The average Bonchev–Trinajstić information content (AvgIpc) is 2.82. The van der Waals surface area contributed by atoms with Gasteiger partial charge in [0.05, 0.1) is 11.7 Å². The SMILES string of the molecule is Fc1cccc(CBr)c1-n1ncc2ccccc21. The van der Waals surface area contributed by atoms with Crippen molar-refractivity contribution in [2.45, 2.75) is 5.33 Å². The molecule has 3 aromatic rings. The molecule has 0 amide bonds. The van der Waals surface area contributed by atoms with E-state index in [0.29, 0.717) is 11.0 Å². The standard InChI is InChI=1S/C14H10BrFN2/c15-8-10-5-3-6-12(16)14(10)18-13-7-2-1-4-11(13)9-17-18/h1-7,9H,8H2. The van der Waals surface area contributed by atoms with E-state index in [1.54, 1.807) is 16.9 Å². The van der Waals surface area contributed by atoms with E-state index in [-0.39, 0.29) is 5.82 Å². The highest BCUT2D eigenvalue weighted by Gasteiger charge is 2.12. The van der Waals surface area contributed by atoms with Crippen molar-refractivity contribution in [2.75, 3.05) is 0 Å². The lowest BCUT2D eigenvalue weighted by molar-refractivity contribution is 0.611. The van der Waals surface area contributed by atoms with Crippen LogP contribution in [0.15, 0.2) is 48.7 Å². The first-order valence-electron chi connectivity index (χ1n) is 5.58. The van der Waals surface area contributed by atoms with Gasteiger partial charge in [0.25, 0.3) is 0 Å². The Labute approximate surface area is 112 Å². The highest BCUT2D eigenvalue weighted by atomic mass is 79.9. The smallest absolute Gasteiger partial charge is 0.149 e. The van der Waals surface area contributed by atoms with E-state index in [1.807, 2.05) is 30.3 Å². The molecular formula is C14H10BrFN2. The van der Waals surface area contributed by atoms with Crippen LogP contribution in [0, 0.1) is 5.82 Å². The van der Waals surface area contributed by atoms with Crippen LogP contribution in [-0.2, 0) is 5.33 Å². The minimum Gasteiger partial charge on any atom is -0.230 e. The van der Waals surface area contributed by atoms with Gasteiger partial charge in [0.15, 0.2) is 0 Å². The molecule has 90 valence electrons. The maximum absolute atomic E-state index is 14.0. The number of aromatic nitrogens is 2. The highest BCUT2D eigenvalue weighted by molar-refractivity contribution is 9.08. The zero-order valence-electron chi connectivity index (χ0n) is 9.48. The molecule has 0 spiro atoms. The lowest BCUT2D eigenvalue weighted by atomic mass is 10.2. The Bertz CT molecular complexity index is 706. The van der Waals surface area contributed by atoms with Crippen molar-refractivity contribution in [3.63, 3.8) is 0 Å². The van der Waals surface area contributed by atoms with Crippen molar-refractivity contribution in [1.82, 2.24) is 9.78 Å². The van der Waals surface area contributed by atoms with Gasteiger partial charge in [-0.1, -0.05) is 46.3 Å². The number of hydrogen-bond donors (Lipinski definition) is 0. The molecule has 0 fully saturated rings. The summed E-state index contributed by atoms with van der Waals surface area (Å²) in [6.45, 7) is 0. The molecule has 0 aliphatic heterocycles. The molecule has 2 nitrogen and oxygen atoms in total. The van der Waals surface area contributed by atoms with E-state index in [4.69, 9.17) is 0 Å². The fourth-order valence-corrected chi connectivity index (χ4v) is 2.51. The Balaban J connectivity index is 2.33. The number of para-hydroxylation sites is 2. The fraction of sp³-hybridized carbons (Fsp3) is 0.0714. The van der Waals surface area contributed by atoms with E-state index in [2.05, 4.69) is 21.0 Å². The minimum atomic E-state index is -0.263. The number of alkyl halides is 1. The molecule has 0 radical (unpaired) electrons. The molecule has 18 heavy (non-hydrogen) atoms. The van der Waals surface area contributed by atoms with Crippen molar-refractivity contribution >= 4 is 26.8 Å². The lowest BCUT2D eigenvalue weighted by Gasteiger charge is -2.09. The van der Waals surface area contributed by atoms with Gasteiger partial charge in [-0.2, -0.15) is 5.10 Å². The predicted molar refractivity (Wildman–Crippen MR) is 73.7 cm³/mol. The summed E-state index contributed by atoms with van der Waals surface area (Å²) in [6.07, 6.45) is 1.75. The summed E-state index contributed by atoms with van der Waals surface area (Å²) in [5.41, 5.74) is 2.30. The zero-order valence-corrected chi connectivity index (χ0v) is 11.1. The topological polar surface area (TPSA) is 17.8 Å². The molecule has 2 aromatic carbocycles. The predicted octanol–water partition coefficient (Wildman–Crippen LogP) is 4.06. The largest absolute Gasteiger partial charge is 0.230 e. The molecule has 0 bridgehead atoms. The van der Waals surface area contributed by atoms with E-state index in [9.17, 15) is 4.39 Å². The van der Waals surface area contributed by atoms with Gasteiger partial charge in [0.2, 0.25) is 0 Å². The van der Waals surface area contributed by atoms with E-state index < -0.39 is 0 Å². The monoisotopic (exact) mass is 304 g/mol. The lowest BCUT2D eigenvalue weighted by Crippen LogP contribution is -2.03. The molecule has 0 aliphatic carbocycles. The van der Waals surface area contributed by atoms with Gasteiger partial charge in [-0.25, -0.2) is 9.07 Å². The van der Waals surface area contributed by atoms with Gasteiger partial charge >= 0.3 is 0 Å². The third-order valence-corrected chi connectivity index (χ3v) is 3.51. The Kier molecular flexibility index (Phi) is 2.88. The van der Waals surface area contributed by atoms with Gasteiger partial charge in [-0.3, -0.25) is 0 Å². The van der Waals surface area contributed by atoms with Crippen molar-refractivity contribution in [3.05, 3.63) is 60.0 Å². The molecule has 0 aliphatic rings. The summed E-state index contributed by atoms with van der Waals surface area (Å²) in [7, 11) is 0. The number of fused-ring (bicyclic) bond motifs is 1. The third kappa shape index (κ3) is 1.73. The number of rotatable bonds is 2. The van der Waals surface area contributed by atoms with Crippen LogP contribution in [0.2, 0.25) is 0 Å². The van der Waals surface area contributed by atoms with Crippen LogP contribution < -0.4 is 0 Å². The van der Waals surface area contributed by atoms with Crippen LogP contribution >= 0.6 is 15.9 Å². The first-order chi connectivity index (χ1) is 8.81. The highest BCUT2D eigenvalue weighted by Crippen LogP contribution is 2.24. The summed E-state index contributed by atoms with van der Waals surface area (Å²) in [6, 6.07) is 12.8. The molecule has 1 heterocycles. The minimum absolute atomic E-state index is 0.263. The van der Waals surface area contributed by atoms with Crippen molar-refractivity contribution < 1.29 is 4.39 Å². The molecule has 1 aromatic heterocycles. The molecule has 4 heteroatoms. The second-order valence-electron chi connectivity index (χ2n) is 4.00. The second-order valence-corrected chi connectivity index (χ2v) is 4.56. The average molecular weight is 305 g/mol. The van der Waals surface area contributed by atoms with E-state index in [0.717, 1.165) is 16.5 Å². The molecule has 0 atom stereocenters. The van der Waals surface area contributed by atoms with Crippen LogP contribution in [-0.4, -0.2) is 9.78 Å². The number of halogens is 2. The summed E-state index contributed by atoms with van der Waals surface area (Å²) in [5.74, 6) is -0.263. The van der Waals surface area contributed by atoms with E-state index >= 15 is 0 Å². The molecule has 3 rings (SSSR count). The first-order valence-corrected chi connectivity index (χ1v) is 6.70. The molecule has 0 saturated heterocycles. The number of nitrogens with zero attached hydrogens (tertiary/aromatic N) is 2. The summed E-state index contributed by atoms with van der Waals surface area (Å²) < 4.78 is 15.7. The fourth-order valence-electron chi connectivity index (χ4n) is 2.05. The second kappa shape index (κ2) is 4.53. The van der Waals surface area contributed by atoms with Crippen LogP contribution in [0.3, 0.4) is 0 Å². The summed E-state index contributed by atoms with van der Waals surface area (Å²) >= 11 is 3.38. The Morgan fingerprint density at radius 3 is 2.78 bits per heavy atom. The van der Waals surface area contributed by atoms with Gasteiger partial charge in [-0.05, 0) is 17.7 Å².